The Balaban J connectivity index is 1.75. The second-order valence-electron chi connectivity index (χ2n) is 10.8. The highest BCUT2D eigenvalue weighted by Crippen LogP contribution is 2.60. The van der Waals surface area contributed by atoms with Crippen LogP contribution in [0.25, 0.3) is 0 Å². The van der Waals surface area contributed by atoms with Gasteiger partial charge in [-0.3, -0.25) is 14.4 Å². The van der Waals surface area contributed by atoms with Crippen LogP contribution in [0.2, 0.25) is 0 Å². The van der Waals surface area contributed by atoms with Gasteiger partial charge in [-0.05, 0) is 50.3 Å². The number of carbonyl (C=O) groups is 3. The molecule has 0 aliphatic carbocycles. The number of ether oxygens (including phenoxy) is 2. The minimum absolute atomic E-state index is 0.0413. The number of benzene rings is 1. The van der Waals surface area contributed by atoms with Crippen LogP contribution >= 0.6 is 15.9 Å². The molecule has 6 atom stereocenters. The van der Waals surface area contributed by atoms with Crippen molar-refractivity contribution in [3.63, 3.8) is 0 Å². The highest BCUT2D eigenvalue weighted by atomic mass is 79.9. The van der Waals surface area contributed by atoms with Crippen LogP contribution in [0.15, 0.2) is 43.5 Å². The van der Waals surface area contributed by atoms with Gasteiger partial charge in [0, 0.05) is 30.2 Å². The van der Waals surface area contributed by atoms with Crippen LogP contribution in [0.1, 0.15) is 43.2 Å². The van der Waals surface area contributed by atoms with Gasteiger partial charge in [0.25, 0.3) is 5.91 Å². The number of likely N-dealkylation sites (tertiary alicyclic amines) is 1. The number of hydrogen-bond acceptors (Lipinski definition) is 6. The monoisotopic (exact) mass is 602 g/mol. The van der Waals surface area contributed by atoms with Crippen molar-refractivity contribution in [2.75, 3.05) is 31.2 Å². The molecule has 8 nitrogen and oxygen atoms in total. The third kappa shape index (κ3) is 5.33. The van der Waals surface area contributed by atoms with Crippen molar-refractivity contribution in [1.82, 2.24) is 4.90 Å². The fourth-order valence-electron chi connectivity index (χ4n) is 6.50. The molecule has 1 N–H and O–H groups in total. The van der Waals surface area contributed by atoms with Gasteiger partial charge in [0.05, 0.1) is 17.9 Å². The molecule has 2 amide bonds. The van der Waals surface area contributed by atoms with E-state index in [1.54, 1.807) is 15.9 Å². The van der Waals surface area contributed by atoms with E-state index in [1.165, 1.54) is 6.08 Å². The van der Waals surface area contributed by atoms with Gasteiger partial charge in [-0.25, -0.2) is 0 Å². The summed E-state index contributed by atoms with van der Waals surface area (Å²) in [5.74, 6) is -2.59. The molecule has 3 aliphatic heterocycles. The van der Waals surface area contributed by atoms with Crippen LogP contribution in [0.5, 0.6) is 0 Å². The standard InChI is InChI=1S/C30H39BrN2O6/c1-5-13-32(22-17-19(3)11-12-20(22)4)28(36)26-30-18-21(31)25(39-30)23(29(37)38-16-6-2)24(30)27(35)33(26)14-9-7-8-10-15-34/h5-6,11-12,17,21,23-26,34H,1-2,7-10,13-16,18H2,3-4H3/t21?,23-,24-,25-,26?,30?/m0/s1. The molecule has 212 valence electrons. The lowest BCUT2D eigenvalue weighted by Gasteiger charge is -2.37. The van der Waals surface area contributed by atoms with Gasteiger partial charge in [0.15, 0.2) is 0 Å². The van der Waals surface area contributed by atoms with E-state index in [2.05, 4.69) is 29.1 Å². The summed E-state index contributed by atoms with van der Waals surface area (Å²) in [6.07, 6.45) is 6.05. The Morgan fingerprint density at radius 2 is 1.97 bits per heavy atom. The first-order chi connectivity index (χ1) is 18.7. The topological polar surface area (TPSA) is 96.4 Å². The van der Waals surface area contributed by atoms with E-state index < -0.39 is 35.6 Å². The predicted molar refractivity (Wildman–Crippen MR) is 153 cm³/mol. The Morgan fingerprint density at radius 1 is 1.23 bits per heavy atom. The Morgan fingerprint density at radius 3 is 2.67 bits per heavy atom. The van der Waals surface area contributed by atoms with E-state index in [9.17, 15) is 14.4 Å². The van der Waals surface area contributed by atoms with E-state index in [1.807, 2.05) is 32.0 Å². The number of alkyl halides is 1. The van der Waals surface area contributed by atoms with Crippen LogP contribution in [-0.2, 0) is 23.9 Å². The van der Waals surface area contributed by atoms with Crippen molar-refractivity contribution in [3.8, 4) is 0 Å². The lowest BCUT2D eigenvalue weighted by molar-refractivity contribution is -0.153. The number of rotatable bonds is 13. The lowest BCUT2D eigenvalue weighted by atomic mass is 9.70. The highest BCUT2D eigenvalue weighted by Gasteiger charge is 2.77. The molecule has 39 heavy (non-hydrogen) atoms. The third-order valence-electron chi connectivity index (χ3n) is 8.18. The first-order valence-electron chi connectivity index (χ1n) is 13.7. The third-order valence-corrected chi connectivity index (χ3v) is 9.02. The molecule has 3 aliphatic rings. The number of esters is 1. The molecule has 3 fully saturated rings. The number of aliphatic hydroxyl groups excluding tert-OH is 1. The maximum absolute atomic E-state index is 14.6. The molecule has 1 spiro atoms. The number of amides is 2. The molecule has 0 aromatic heterocycles. The first kappa shape index (κ1) is 29.5. The fourth-order valence-corrected chi connectivity index (χ4v) is 7.44. The van der Waals surface area contributed by atoms with Gasteiger partial charge in [-0.2, -0.15) is 0 Å². The number of fused-ring (bicyclic) bond motifs is 1. The second kappa shape index (κ2) is 12.4. The number of halogens is 1. The van der Waals surface area contributed by atoms with Crippen molar-refractivity contribution >= 4 is 39.4 Å². The summed E-state index contributed by atoms with van der Waals surface area (Å²) in [7, 11) is 0. The Bertz CT molecular complexity index is 1120. The Hall–Kier alpha value is -2.49. The van der Waals surface area contributed by atoms with Crippen LogP contribution in [0.3, 0.4) is 0 Å². The molecule has 3 saturated heterocycles. The Kier molecular flexibility index (Phi) is 9.34. The molecule has 1 aromatic rings. The number of aryl methyl sites for hydroxylation is 2. The smallest absolute Gasteiger partial charge is 0.312 e. The summed E-state index contributed by atoms with van der Waals surface area (Å²) in [4.78, 5) is 45.0. The van der Waals surface area contributed by atoms with Crippen molar-refractivity contribution in [1.29, 1.82) is 0 Å². The molecule has 9 heteroatoms. The molecule has 0 saturated carbocycles. The van der Waals surface area contributed by atoms with E-state index >= 15 is 0 Å². The molecule has 3 unspecified atom stereocenters. The van der Waals surface area contributed by atoms with Crippen LogP contribution in [0.4, 0.5) is 5.69 Å². The number of aliphatic hydroxyl groups is 1. The van der Waals surface area contributed by atoms with E-state index in [0.717, 1.165) is 29.7 Å². The number of carbonyl (C=O) groups excluding carboxylic acids is 3. The largest absolute Gasteiger partial charge is 0.461 e. The number of anilines is 1. The average molecular weight is 604 g/mol. The zero-order valence-electron chi connectivity index (χ0n) is 22.8. The maximum Gasteiger partial charge on any atom is 0.312 e. The minimum atomic E-state index is -1.15. The molecular formula is C30H39BrN2O6. The quantitative estimate of drug-likeness (QED) is 0.159. The molecule has 3 heterocycles. The number of unbranched alkanes of at least 4 members (excludes halogenated alkanes) is 3. The Labute approximate surface area is 239 Å². The SMILES string of the molecule is C=CCOC(=O)[C@H]1[C@H]2C(=O)N(CCCCCCO)C(C(=O)N(CC=C)c3cc(C)ccc3C)C23CC(Br)[C@@H]1O3. The summed E-state index contributed by atoms with van der Waals surface area (Å²) in [5.41, 5.74) is 1.57. The maximum atomic E-state index is 14.6. The van der Waals surface area contributed by atoms with Crippen molar-refractivity contribution in [2.45, 2.75) is 68.5 Å². The summed E-state index contributed by atoms with van der Waals surface area (Å²) < 4.78 is 12.0. The number of nitrogens with zero attached hydrogens (tertiary/aromatic N) is 2. The summed E-state index contributed by atoms with van der Waals surface area (Å²) >= 11 is 3.69. The zero-order chi connectivity index (χ0) is 28.3. The van der Waals surface area contributed by atoms with Gasteiger partial charge in [-0.1, -0.05) is 59.6 Å². The first-order valence-corrected chi connectivity index (χ1v) is 14.6. The van der Waals surface area contributed by atoms with Gasteiger partial charge in [0.1, 0.15) is 18.2 Å². The van der Waals surface area contributed by atoms with Crippen molar-refractivity contribution < 1.29 is 29.0 Å². The predicted octanol–water partition coefficient (Wildman–Crippen LogP) is 3.85. The molecule has 4 rings (SSSR count). The van der Waals surface area contributed by atoms with Crippen LogP contribution in [0, 0.1) is 25.7 Å². The van der Waals surface area contributed by atoms with Crippen molar-refractivity contribution in [2.24, 2.45) is 11.8 Å². The van der Waals surface area contributed by atoms with Gasteiger partial charge < -0.3 is 24.4 Å². The molecule has 2 bridgehead atoms. The molecule has 0 radical (unpaired) electrons. The minimum Gasteiger partial charge on any atom is -0.461 e. The van der Waals surface area contributed by atoms with Crippen LogP contribution in [-0.4, -0.2) is 76.7 Å². The lowest BCUT2D eigenvalue weighted by Crippen LogP contribution is -2.57. The van der Waals surface area contributed by atoms with Crippen molar-refractivity contribution in [3.05, 3.63) is 54.6 Å². The van der Waals surface area contributed by atoms with Gasteiger partial charge in [0.2, 0.25) is 5.91 Å². The van der Waals surface area contributed by atoms with Gasteiger partial charge in [-0.15, -0.1) is 6.58 Å². The summed E-state index contributed by atoms with van der Waals surface area (Å²) in [5, 5.41) is 9.15. The van der Waals surface area contributed by atoms with E-state index in [4.69, 9.17) is 14.6 Å². The fraction of sp³-hybridized carbons (Fsp3) is 0.567. The average Bonchev–Trinajstić information content (AvgIpc) is 3.50. The molecule has 1 aromatic carbocycles. The summed E-state index contributed by atoms with van der Waals surface area (Å²) in [6, 6.07) is 5.05. The molecular weight excluding hydrogens is 564 g/mol. The zero-order valence-corrected chi connectivity index (χ0v) is 24.4. The summed E-state index contributed by atoms with van der Waals surface area (Å²) in [6.45, 7) is 12.2. The van der Waals surface area contributed by atoms with E-state index in [-0.39, 0.29) is 36.4 Å². The normalized spacial score (nSPS) is 28.9. The van der Waals surface area contributed by atoms with Crippen LogP contribution < -0.4 is 4.90 Å². The second-order valence-corrected chi connectivity index (χ2v) is 12.0. The van der Waals surface area contributed by atoms with Gasteiger partial charge >= 0.3 is 5.97 Å². The number of hydrogen-bond donors (Lipinski definition) is 1. The van der Waals surface area contributed by atoms with E-state index in [0.29, 0.717) is 25.8 Å². The highest BCUT2D eigenvalue weighted by molar-refractivity contribution is 9.09.